The molecular weight excluding hydrogens is 108 g/mol. The Morgan fingerprint density at radius 2 is 2.50 bits per heavy atom. The van der Waals surface area contributed by atoms with E-state index in [4.69, 9.17) is 6.85 Å². The zero-order chi connectivity index (χ0) is 7.71. The zero-order valence-electron chi connectivity index (χ0n) is 8.50. The molecule has 0 N–H and O–H groups in total. The van der Waals surface area contributed by atoms with Gasteiger partial charge in [-0.1, -0.05) is 13.2 Å². The third-order valence-corrected chi connectivity index (χ3v) is 0.125. The van der Waals surface area contributed by atoms with Crippen LogP contribution in [0.1, 0.15) is 26.5 Å². The molecule has 0 amide bonds. The summed E-state index contributed by atoms with van der Waals surface area (Å²) in [4.78, 5) is 0. The molecular formula is C4H9ClMg. The van der Waals surface area contributed by atoms with Gasteiger partial charge in [0, 0.05) is 6.85 Å². The van der Waals surface area contributed by atoms with E-state index in [2.05, 4.69) is 6.92 Å². The summed E-state index contributed by atoms with van der Waals surface area (Å²) >= 11 is 0. The van der Waals surface area contributed by atoms with Gasteiger partial charge in [-0.3, -0.25) is 0 Å². The van der Waals surface area contributed by atoms with Crippen molar-refractivity contribution in [3.8, 4) is 0 Å². The van der Waals surface area contributed by atoms with E-state index in [9.17, 15) is 0 Å². The van der Waals surface area contributed by atoms with Gasteiger partial charge in [0.1, 0.15) is 0 Å². The molecule has 0 bridgehead atoms. The molecule has 34 valence electrons. The van der Waals surface area contributed by atoms with Crippen molar-refractivity contribution in [1.82, 2.24) is 0 Å². The Labute approximate surface area is 69.3 Å². The van der Waals surface area contributed by atoms with Crippen LogP contribution < -0.4 is 12.4 Å². The van der Waals surface area contributed by atoms with E-state index in [0.717, 1.165) is 0 Å². The van der Waals surface area contributed by atoms with E-state index in [0.29, 0.717) is 0 Å². The molecule has 0 unspecified atom stereocenters. The van der Waals surface area contributed by atoms with Crippen LogP contribution in [-0.4, -0.2) is 23.1 Å². The molecule has 6 heavy (non-hydrogen) atoms. The van der Waals surface area contributed by atoms with Crippen LogP contribution in [0.15, 0.2) is 0 Å². The van der Waals surface area contributed by atoms with E-state index in [1.54, 1.807) is 0 Å². The average Bonchev–Trinajstić information content (AvgIpc) is 1.64. The van der Waals surface area contributed by atoms with Crippen LogP contribution >= 0.6 is 0 Å². The molecule has 0 radical (unpaired) electrons. The standard InChI is InChI=1S/C4H9.ClH.Mg/c1-3-4-2;;/h1,3-4H2,2H3;1H;/q-1;;+2/p-1/i2D3,4D2;;. The second kappa shape index (κ2) is 16.6. The number of hydrogen-bond donors (Lipinski definition) is 0. The second-order valence-corrected chi connectivity index (χ2v) is 0.427. The van der Waals surface area contributed by atoms with Crippen molar-refractivity contribution in [2.45, 2.75) is 19.6 Å². The predicted molar refractivity (Wildman–Crippen MR) is 26.0 cm³/mol. The average molecular weight is 122 g/mol. The summed E-state index contributed by atoms with van der Waals surface area (Å²) in [7, 11) is 0. The molecule has 0 aliphatic carbocycles. The summed E-state index contributed by atoms with van der Waals surface area (Å²) in [6.45, 7) is 0.656. The van der Waals surface area contributed by atoms with E-state index in [1.807, 2.05) is 0 Å². The topological polar surface area (TPSA) is 0 Å². The monoisotopic (exact) mass is 121 g/mol. The molecule has 0 heterocycles. The molecule has 2 heteroatoms. The maximum absolute atomic E-state index is 6.87. The minimum atomic E-state index is -2.53. The fraction of sp³-hybridized carbons (Fsp3) is 0.750. The molecule has 0 spiro atoms. The van der Waals surface area contributed by atoms with Crippen LogP contribution in [0.25, 0.3) is 0 Å². The van der Waals surface area contributed by atoms with Gasteiger partial charge in [-0.2, -0.15) is 6.42 Å². The van der Waals surface area contributed by atoms with Crippen molar-refractivity contribution in [2.75, 3.05) is 0 Å². The van der Waals surface area contributed by atoms with E-state index < -0.39 is 13.2 Å². The van der Waals surface area contributed by atoms with Gasteiger partial charge < -0.3 is 19.3 Å². The Morgan fingerprint density at radius 3 is 2.50 bits per heavy atom. The Hall–Kier alpha value is 1.06. The Kier molecular flexibility index (Phi) is 8.72. The van der Waals surface area contributed by atoms with Gasteiger partial charge in [-0.25, -0.2) is 0 Å². The van der Waals surface area contributed by atoms with Gasteiger partial charge in [-0.05, 0) is 0 Å². The normalized spacial score (nSPS) is 21.8. The Bertz CT molecular complexity index is 101. The van der Waals surface area contributed by atoms with Crippen LogP contribution in [0.3, 0.4) is 0 Å². The largest absolute Gasteiger partial charge is 2.00 e. The minimum Gasteiger partial charge on any atom is -1.00 e. The SMILES string of the molecule is [2H]C([2H])([2H])C([2H])([2H])C[CH2-].[Cl-].[Mg+2]. The Morgan fingerprint density at radius 1 is 2.00 bits per heavy atom. The van der Waals surface area contributed by atoms with Crippen molar-refractivity contribution in [3.63, 3.8) is 0 Å². The Balaban J connectivity index is -0.000000320. The summed E-state index contributed by atoms with van der Waals surface area (Å²) in [6, 6.07) is 0. The maximum atomic E-state index is 6.87. The first-order valence-corrected chi connectivity index (χ1v) is 1.10. The first-order valence-electron chi connectivity index (χ1n) is 3.60. The minimum absolute atomic E-state index is 0. The van der Waals surface area contributed by atoms with Crippen LogP contribution in [0, 0.1) is 6.92 Å². The van der Waals surface area contributed by atoms with Gasteiger partial charge in [0.05, 0.1) is 0 Å². The van der Waals surface area contributed by atoms with E-state index in [1.165, 1.54) is 0 Å². The van der Waals surface area contributed by atoms with Gasteiger partial charge in [0.2, 0.25) is 0 Å². The van der Waals surface area contributed by atoms with Gasteiger partial charge in [0.25, 0.3) is 0 Å². The van der Waals surface area contributed by atoms with Crippen LogP contribution in [0.5, 0.6) is 0 Å². The fourth-order valence-electron chi connectivity index (χ4n) is 0. The molecule has 0 saturated heterocycles. The molecule has 0 aromatic heterocycles. The zero-order valence-corrected chi connectivity index (χ0v) is 5.67. The third kappa shape index (κ3) is 19.7. The first-order chi connectivity index (χ1) is 3.81. The van der Waals surface area contributed by atoms with Gasteiger partial charge >= 0.3 is 23.1 Å². The fourth-order valence-corrected chi connectivity index (χ4v) is 0. The second-order valence-electron chi connectivity index (χ2n) is 0.427. The van der Waals surface area contributed by atoms with Gasteiger partial charge in [-0.15, -0.1) is 0 Å². The first kappa shape index (κ1) is 3.16. The molecule has 0 aliphatic heterocycles. The van der Waals surface area contributed by atoms with Crippen molar-refractivity contribution >= 4 is 23.1 Å². The number of halogens is 1. The van der Waals surface area contributed by atoms with Crippen molar-refractivity contribution in [1.29, 1.82) is 0 Å². The summed E-state index contributed by atoms with van der Waals surface area (Å²) in [5.74, 6) is 0. The smallest absolute Gasteiger partial charge is 1.00 e. The molecule has 0 aliphatic rings. The summed E-state index contributed by atoms with van der Waals surface area (Å²) in [5.41, 5.74) is 0. The molecule has 0 aromatic rings. The molecule has 0 aromatic carbocycles. The summed E-state index contributed by atoms with van der Waals surface area (Å²) in [6.07, 6.45) is -2.35. The summed E-state index contributed by atoms with van der Waals surface area (Å²) in [5, 5.41) is 0. The quantitative estimate of drug-likeness (QED) is 0.285. The number of rotatable bonds is 1. The van der Waals surface area contributed by atoms with Crippen LogP contribution in [0.2, 0.25) is 0 Å². The van der Waals surface area contributed by atoms with Crippen LogP contribution in [-0.2, 0) is 0 Å². The maximum Gasteiger partial charge on any atom is 2.00 e. The predicted octanol–water partition coefficient (Wildman–Crippen LogP) is -1.76. The molecule has 0 fully saturated rings. The third-order valence-electron chi connectivity index (χ3n) is 0.125. The van der Waals surface area contributed by atoms with E-state index >= 15 is 0 Å². The summed E-state index contributed by atoms with van der Waals surface area (Å²) < 4.78 is 33.7. The van der Waals surface area contributed by atoms with E-state index in [-0.39, 0.29) is 41.9 Å². The van der Waals surface area contributed by atoms with Crippen molar-refractivity contribution in [2.24, 2.45) is 0 Å². The molecule has 0 nitrogen and oxygen atoms in total. The van der Waals surface area contributed by atoms with Crippen molar-refractivity contribution in [3.05, 3.63) is 6.92 Å². The molecule has 0 rings (SSSR count). The van der Waals surface area contributed by atoms with Gasteiger partial charge in [0.15, 0.2) is 0 Å². The van der Waals surface area contributed by atoms with Crippen molar-refractivity contribution < 1.29 is 19.3 Å². The molecule has 0 saturated carbocycles. The van der Waals surface area contributed by atoms with Crippen LogP contribution in [0.4, 0.5) is 0 Å². The molecule has 0 atom stereocenters. The number of hydrogen-bond acceptors (Lipinski definition) is 0.